The van der Waals surface area contributed by atoms with Crippen molar-refractivity contribution in [2.75, 3.05) is 18.5 Å². The summed E-state index contributed by atoms with van der Waals surface area (Å²) in [6, 6.07) is 0. The van der Waals surface area contributed by atoms with Crippen molar-refractivity contribution in [1.82, 2.24) is 9.97 Å². The lowest BCUT2D eigenvalue weighted by Crippen LogP contribution is -2.20. The summed E-state index contributed by atoms with van der Waals surface area (Å²) in [5.74, 6) is 0.675. The summed E-state index contributed by atoms with van der Waals surface area (Å²) in [5.41, 5.74) is 0. The van der Waals surface area contributed by atoms with Gasteiger partial charge in [0, 0.05) is 6.54 Å². The number of rotatable bonds is 5. The van der Waals surface area contributed by atoms with Crippen LogP contribution in [0.3, 0.4) is 0 Å². The number of hydrogen-bond acceptors (Lipinski definition) is 4. The van der Waals surface area contributed by atoms with Crippen molar-refractivity contribution in [3.05, 3.63) is 17.5 Å². The van der Waals surface area contributed by atoms with Gasteiger partial charge in [-0.25, -0.2) is 9.97 Å². The van der Waals surface area contributed by atoms with Gasteiger partial charge in [-0.2, -0.15) is 0 Å². The van der Waals surface area contributed by atoms with Crippen LogP contribution in [0.15, 0.2) is 12.5 Å². The lowest BCUT2D eigenvalue weighted by molar-refractivity contribution is 0.0347. The smallest absolute Gasteiger partial charge is 0.148 e. The van der Waals surface area contributed by atoms with Crippen LogP contribution in [0.4, 0.5) is 5.82 Å². The fourth-order valence-electron chi connectivity index (χ4n) is 2.07. The molecule has 5 heteroatoms. The molecule has 0 atom stereocenters. The monoisotopic (exact) mass is 255 g/mol. The van der Waals surface area contributed by atoms with E-state index >= 15 is 0 Å². The molecule has 0 unspecified atom stereocenters. The van der Waals surface area contributed by atoms with Gasteiger partial charge in [-0.15, -0.1) is 0 Å². The number of halogens is 1. The van der Waals surface area contributed by atoms with Crippen molar-refractivity contribution < 1.29 is 4.74 Å². The Morgan fingerprint density at radius 3 is 2.94 bits per heavy atom. The average molecular weight is 256 g/mol. The van der Waals surface area contributed by atoms with Crippen LogP contribution >= 0.6 is 11.6 Å². The molecular weight excluding hydrogens is 238 g/mol. The van der Waals surface area contributed by atoms with Crippen molar-refractivity contribution in [2.24, 2.45) is 0 Å². The van der Waals surface area contributed by atoms with Crippen molar-refractivity contribution in [3.8, 4) is 0 Å². The molecule has 1 aromatic heterocycles. The van der Waals surface area contributed by atoms with E-state index in [1.54, 1.807) is 6.20 Å². The third-order valence-electron chi connectivity index (χ3n) is 2.97. The molecule has 0 amide bonds. The Balaban J connectivity index is 1.64. The number of ether oxygens (including phenoxy) is 1. The van der Waals surface area contributed by atoms with Crippen LogP contribution < -0.4 is 5.32 Å². The molecule has 1 aliphatic rings. The zero-order valence-electron chi connectivity index (χ0n) is 9.86. The van der Waals surface area contributed by atoms with Crippen molar-refractivity contribution >= 4 is 17.4 Å². The molecule has 1 fully saturated rings. The average Bonchev–Trinajstić information content (AvgIpc) is 2.38. The van der Waals surface area contributed by atoms with E-state index in [4.69, 9.17) is 16.3 Å². The van der Waals surface area contributed by atoms with E-state index in [-0.39, 0.29) is 0 Å². The lowest BCUT2D eigenvalue weighted by Gasteiger charge is -2.22. The zero-order chi connectivity index (χ0) is 11.9. The third-order valence-corrected chi connectivity index (χ3v) is 3.24. The molecule has 1 heterocycles. The summed E-state index contributed by atoms with van der Waals surface area (Å²) in [7, 11) is 0. The second kappa shape index (κ2) is 6.77. The second-order valence-corrected chi connectivity index (χ2v) is 4.68. The van der Waals surface area contributed by atoms with Gasteiger partial charge < -0.3 is 10.1 Å². The van der Waals surface area contributed by atoms with Gasteiger partial charge in [0.15, 0.2) is 0 Å². The SMILES string of the molecule is Clc1cncnc1NCCOC1CCCCC1. The van der Waals surface area contributed by atoms with Gasteiger partial charge in [0.05, 0.1) is 18.9 Å². The van der Waals surface area contributed by atoms with Crippen LogP contribution in [0.2, 0.25) is 5.02 Å². The molecule has 0 radical (unpaired) electrons. The molecule has 1 saturated carbocycles. The molecule has 4 nitrogen and oxygen atoms in total. The number of nitrogens with zero attached hydrogens (tertiary/aromatic N) is 2. The molecule has 1 aliphatic carbocycles. The maximum Gasteiger partial charge on any atom is 0.148 e. The van der Waals surface area contributed by atoms with Gasteiger partial charge >= 0.3 is 0 Å². The molecule has 0 bridgehead atoms. The standard InChI is InChI=1S/C12H18ClN3O/c13-11-8-14-9-16-12(11)15-6-7-17-10-4-2-1-3-5-10/h8-10H,1-7H2,(H,14,15,16). The summed E-state index contributed by atoms with van der Waals surface area (Å²) < 4.78 is 5.80. The van der Waals surface area contributed by atoms with Crippen LogP contribution in [0.5, 0.6) is 0 Å². The minimum Gasteiger partial charge on any atom is -0.376 e. The number of nitrogens with one attached hydrogen (secondary N) is 1. The van der Waals surface area contributed by atoms with E-state index < -0.39 is 0 Å². The molecule has 0 aliphatic heterocycles. The Labute approximate surface area is 107 Å². The topological polar surface area (TPSA) is 47.0 Å². The molecule has 94 valence electrons. The highest BCUT2D eigenvalue weighted by Gasteiger charge is 2.13. The van der Waals surface area contributed by atoms with Crippen molar-refractivity contribution in [2.45, 2.75) is 38.2 Å². The third kappa shape index (κ3) is 4.13. The fourth-order valence-corrected chi connectivity index (χ4v) is 2.24. The summed E-state index contributed by atoms with van der Waals surface area (Å²) >= 11 is 5.92. The highest BCUT2D eigenvalue weighted by atomic mass is 35.5. The maximum atomic E-state index is 5.92. The largest absolute Gasteiger partial charge is 0.376 e. The van der Waals surface area contributed by atoms with E-state index in [2.05, 4.69) is 15.3 Å². The summed E-state index contributed by atoms with van der Waals surface area (Å²) in [5, 5.41) is 3.69. The van der Waals surface area contributed by atoms with Gasteiger partial charge in [-0.3, -0.25) is 0 Å². The van der Waals surface area contributed by atoms with Crippen molar-refractivity contribution in [3.63, 3.8) is 0 Å². The lowest BCUT2D eigenvalue weighted by atomic mass is 9.98. The Hall–Kier alpha value is -0.870. The summed E-state index contributed by atoms with van der Waals surface area (Å²) in [6.45, 7) is 1.43. The van der Waals surface area contributed by atoms with Crippen molar-refractivity contribution in [1.29, 1.82) is 0 Å². The highest BCUT2D eigenvalue weighted by molar-refractivity contribution is 6.32. The Kier molecular flexibility index (Phi) is 5.01. The first kappa shape index (κ1) is 12.6. The minimum absolute atomic E-state index is 0.450. The molecule has 0 aromatic carbocycles. The summed E-state index contributed by atoms with van der Waals surface area (Å²) in [4.78, 5) is 7.89. The Bertz CT molecular complexity index is 342. The fraction of sp³-hybridized carbons (Fsp3) is 0.667. The zero-order valence-corrected chi connectivity index (χ0v) is 10.6. The molecule has 1 aromatic rings. The van der Waals surface area contributed by atoms with Crippen LogP contribution in [-0.2, 0) is 4.74 Å². The number of anilines is 1. The van der Waals surface area contributed by atoms with E-state index in [9.17, 15) is 0 Å². The molecule has 17 heavy (non-hydrogen) atoms. The Morgan fingerprint density at radius 2 is 2.18 bits per heavy atom. The molecular formula is C12H18ClN3O. The highest BCUT2D eigenvalue weighted by Crippen LogP contribution is 2.20. The van der Waals surface area contributed by atoms with E-state index in [1.807, 2.05) is 0 Å². The predicted octanol–water partition coefficient (Wildman–Crippen LogP) is 2.89. The van der Waals surface area contributed by atoms with E-state index in [0.717, 1.165) is 6.54 Å². The van der Waals surface area contributed by atoms with Gasteiger partial charge in [-0.1, -0.05) is 30.9 Å². The van der Waals surface area contributed by atoms with Crippen LogP contribution in [0.1, 0.15) is 32.1 Å². The number of aromatic nitrogens is 2. The maximum absolute atomic E-state index is 5.92. The molecule has 1 N–H and O–H groups in total. The normalized spacial score (nSPS) is 17.0. The molecule has 0 saturated heterocycles. The van der Waals surface area contributed by atoms with Gasteiger partial charge in [0.25, 0.3) is 0 Å². The Morgan fingerprint density at radius 1 is 1.35 bits per heavy atom. The minimum atomic E-state index is 0.450. The van der Waals surface area contributed by atoms with E-state index in [1.165, 1.54) is 38.4 Å². The predicted molar refractivity (Wildman–Crippen MR) is 68.4 cm³/mol. The molecule has 0 spiro atoms. The van der Waals surface area contributed by atoms with E-state index in [0.29, 0.717) is 23.6 Å². The van der Waals surface area contributed by atoms with Gasteiger partial charge in [-0.05, 0) is 12.8 Å². The van der Waals surface area contributed by atoms with Crippen LogP contribution in [-0.4, -0.2) is 29.2 Å². The quantitative estimate of drug-likeness (QED) is 0.822. The van der Waals surface area contributed by atoms with Gasteiger partial charge in [0.2, 0.25) is 0 Å². The second-order valence-electron chi connectivity index (χ2n) is 4.28. The first-order valence-electron chi connectivity index (χ1n) is 6.17. The first-order chi connectivity index (χ1) is 8.36. The molecule has 2 rings (SSSR count). The van der Waals surface area contributed by atoms with Crippen LogP contribution in [0.25, 0.3) is 0 Å². The first-order valence-corrected chi connectivity index (χ1v) is 6.55. The number of hydrogen-bond donors (Lipinski definition) is 1. The van der Waals surface area contributed by atoms with Gasteiger partial charge in [0.1, 0.15) is 17.2 Å². The van der Waals surface area contributed by atoms with Crippen LogP contribution in [0, 0.1) is 0 Å². The summed E-state index contributed by atoms with van der Waals surface area (Å²) in [6.07, 6.45) is 9.88.